The molecule has 0 aromatic heterocycles. The molecule has 3 heteroatoms. The molecular formula is C15H21NO2. The highest BCUT2D eigenvalue weighted by atomic mass is 16.5. The van der Waals surface area contributed by atoms with Crippen molar-refractivity contribution < 1.29 is 9.47 Å². The largest absolute Gasteiger partial charge is 0.493 e. The number of nitrogens with one attached hydrogen (secondary N) is 1. The number of fused-ring (bicyclic) bond motifs is 2. The molecule has 0 aliphatic carbocycles. The van der Waals surface area contributed by atoms with Crippen LogP contribution in [0.1, 0.15) is 26.3 Å². The average molecular weight is 247 g/mol. The Morgan fingerprint density at radius 1 is 1.22 bits per heavy atom. The Labute approximate surface area is 108 Å². The van der Waals surface area contributed by atoms with Crippen LogP contribution in [0.15, 0.2) is 24.3 Å². The van der Waals surface area contributed by atoms with E-state index in [0.29, 0.717) is 12.0 Å². The summed E-state index contributed by atoms with van der Waals surface area (Å²) in [6, 6.07) is 8.65. The molecule has 0 bridgehead atoms. The van der Waals surface area contributed by atoms with Crippen LogP contribution in [0.2, 0.25) is 0 Å². The highest BCUT2D eigenvalue weighted by molar-refractivity contribution is 5.41. The van der Waals surface area contributed by atoms with E-state index in [1.807, 2.05) is 12.1 Å². The molecule has 3 nitrogen and oxygen atoms in total. The molecule has 4 atom stereocenters. The standard InChI is InChI=1S/C15H21NO2/c1-10-8-17-14-7-5-4-6-13(14)15(10)9-16-11(2)12(3)18-15/h4-7,10-12,16H,8-9H2,1-3H3. The van der Waals surface area contributed by atoms with Gasteiger partial charge >= 0.3 is 0 Å². The summed E-state index contributed by atoms with van der Waals surface area (Å²) in [5.41, 5.74) is 0.954. The average Bonchev–Trinajstić information content (AvgIpc) is 2.39. The third-order valence-corrected chi connectivity index (χ3v) is 4.41. The van der Waals surface area contributed by atoms with E-state index < -0.39 is 0 Å². The topological polar surface area (TPSA) is 30.5 Å². The first-order chi connectivity index (χ1) is 8.63. The zero-order chi connectivity index (χ0) is 12.8. The number of ether oxygens (including phenoxy) is 2. The van der Waals surface area contributed by atoms with E-state index in [0.717, 1.165) is 18.9 Å². The first-order valence-electron chi connectivity index (χ1n) is 6.77. The van der Waals surface area contributed by atoms with Crippen molar-refractivity contribution in [2.24, 2.45) is 5.92 Å². The van der Waals surface area contributed by atoms with Crippen molar-refractivity contribution in [3.05, 3.63) is 29.8 Å². The Hall–Kier alpha value is -1.06. The van der Waals surface area contributed by atoms with Crippen LogP contribution in [0, 0.1) is 5.92 Å². The number of para-hydroxylation sites is 1. The molecule has 1 aromatic carbocycles. The van der Waals surface area contributed by atoms with E-state index >= 15 is 0 Å². The van der Waals surface area contributed by atoms with Gasteiger partial charge in [-0.3, -0.25) is 0 Å². The molecule has 0 saturated carbocycles. The quantitative estimate of drug-likeness (QED) is 0.763. The first kappa shape index (κ1) is 12.0. The van der Waals surface area contributed by atoms with Gasteiger partial charge in [-0.1, -0.05) is 25.1 Å². The maximum Gasteiger partial charge on any atom is 0.125 e. The summed E-state index contributed by atoms with van der Waals surface area (Å²) in [7, 11) is 0. The second kappa shape index (κ2) is 4.25. The smallest absolute Gasteiger partial charge is 0.125 e. The lowest BCUT2D eigenvalue weighted by Crippen LogP contribution is -2.60. The van der Waals surface area contributed by atoms with Crippen LogP contribution >= 0.6 is 0 Å². The van der Waals surface area contributed by atoms with Gasteiger partial charge in [-0.25, -0.2) is 0 Å². The third-order valence-electron chi connectivity index (χ3n) is 4.41. The Kier molecular flexibility index (Phi) is 2.83. The Morgan fingerprint density at radius 2 is 2.00 bits per heavy atom. The van der Waals surface area contributed by atoms with E-state index in [2.05, 4.69) is 38.2 Å². The van der Waals surface area contributed by atoms with E-state index in [9.17, 15) is 0 Å². The minimum absolute atomic E-state index is 0.215. The van der Waals surface area contributed by atoms with Gasteiger partial charge in [0, 0.05) is 24.1 Å². The maximum absolute atomic E-state index is 6.42. The molecular weight excluding hydrogens is 226 g/mol. The molecule has 1 fully saturated rings. The van der Waals surface area contributed by atoms with Crippen molar-refractivity contribution in [1.29, 1.82) is 0 Å². The summed E-state index contributed by atoms with van der Waals surface area (Å²) in [4.78, 5) is 0. The molecule has 1 saturated heterocycles. The summed E-state index contributed by atoms with van der Waals surface area (Å²) >= 11 is 0. The van der Waals surface area contributed by atoms with Gasteiger partial charge in [0.15, 0.2) is 0 Å². The maximum atomic E-state index is 6.42. The zero-order valence-electron chi connectivity index (χ0n) is 11.3. The predicted molar refractivity (Wildman–Crippen MR) is 70.8 cm³/mol. The van der Waals surface area contributed by atoms with Crippen molar-refractivity contribution in [3.63, 3.8) is 0 Å². The summed E-state index contributed by atoms with van der Waals surface area (Å²) in [5.74, 6) is 1.33. The fourth-order valence-electron chi connectivity index (χ4n) is 2.96. The van der Waals surface area contributed by atoms with E-state index in [1.54, 1.807) is 0 Å². The zero-order valence-corrected chi connectivity index (χ0v) is 11.3. The lowest BCUT2D eigenvalue weighted by molar-refractivity contribution is -0.172. The van der Waals surface area contributed by atoms with E-state index in [4.69, 9.17) is 9.47 Å². The third kappa shape index (κ3) is 1.65. The van der Waals surface area contributed by atoms with Gasteiger partial charge < -0.3 is 14.8 Å². The monoisotopic (exact) mass is 247 g/mol. The Bertz CT molecular complexity index is 448. The van der Waals surface area contributed by atoms with Crippen LogP contribution in [0.4, 0.5) is 0 Å². The van der Waals surface area contributed by atoms with Gasteiger partial charge in [0.2, 0.25) is 0 Å². The van der Waals surface area contributed by atoms with Gasteiger partial charge in [0.05, 0.1) is 12.7 Å². The Balaban J connectivity index is 2.04. The van der Waals surface area contributed by atoms with Crippen molar-refractivity contribution in [2.45, 2.75) is 38.5 Å². The molecule has 98 valence electrons. The fourth-order valence-corrected chi connectivity index (χ4v) is 2.96. The van der Waals surface area contributed by atoms with Crippen LogP contribution in [0.5, 0.6) is 5.75 Å². The highest BCUT2D eigenvalue weighted by Crippen LogP contribution is 2.45. The molecule has 4 unspecified atom stereocenters. The summed E-state index contributed by atoms with van der Waals surface area (Å²) in [5, 5.41) is 3.58. The lowest BCUT2D eigenvalue weighted by atomic mass is 9.78. The van der Waals surface area contributed by atoms with Crippen LogP contribution < -0.4 is 10.1 Å². The molecule has 2 aliphatic heterocycles. The van der Waals surface area contributed by atoms with Gasteiger partial charge in [-0.05, 0) is 19.9 Å². The van der Waals surface area contributed by atoms with Crippen molar-refractivity contribution >= 4 is 0 Å². The summed E-state index contributed by atoms with van der Waals surface area (Å²) < 4.78 is 12.2. The second-order valence-electron chi connectivity index (χ2n) is 5.59. The fraction of sp³-hybridized carbons (Fsp3) is 0.600. The normalized spacial score (nSPS) is 39.2. The van der Waals surface area contributed by atoms with Crippen molar-refractivity contribution in [3.8, 4) is 5.75 Å². The van der Waals surface area contributed by atoms with Crippen LogP contribution in [-0.2, 0) is 10.3 Å². The minimum Gasteiger partial charge on any atom is -0.493 e. The first-order valence-corrected chi connectivity index (χ1v) is 6.77. The van der Waals surface area contributed by atoms with Crippen molar-refractivity contribution in [1.82, 2.24) is 5.32 Å². The second-order valence-corrected chi connectivity index (χ2v) is 5.59. The molecule has 3 rings (SSSR count). The SMILES string of the molecule is CC1NCC2(OC1C)c1ccccc1OCC2C. The molecule has 2 aliphatic rings. The summed E-state index contributed by atoms with van der Waals surface area (Å²) in [6.07, 6.45) is 0.215. The van der Waals surface area contributed by atoms with Gasteiger partial charge in [-0.15, -0.1) is 0 Å². The highest BCUT2D eigenvalue weighted by Gasteiger charge is 2.48. The number of hydrogen-bond acceptors (Lipinski definition) is 3. The number of rotatable bonds is 0. The summed E-state index contributed by atoms with van der Waals surface area (Å²) in [6.45, 7) is 8.11. The van der Waals surface area contributed by atoms with Gasteiger partial charge in [0.25, 0.3) is 0 Å². The molecule has 0 amide bonds. The van der Waals surface area contributed by atoms with Crippen LogP contribution in [0.25, 0.3) is 0 Å². The minimum atomic E-state index is -0.235. The number of benzene rings is 1. The number of hydrogen-bond donors (Lipinski definition) is 1. The van der Waals surface area contributed by atoms with Gasteiger partial charge in [-0.2, -0.15) is 0 Å². The van der Waals surface area contributed by atoms with Crippen LogP contribution in [0.3, 0.4) is 0 Å². The van der Waals surface area contributed by atoms with E-state index in [-0.39, 0.29) is 11.7 Å². The molecule has 1 aromatic rings. The van der Waals surface area contributed by atoms with Crippen molar-refractivity contribution in [2.75, 3.05) is 13.2 Å². The van der Waals surface area contributed by atoms with Crippen LogP contribution in [-0.4, -0.2) is 25.3 Å². The molecule has 1 N–H and O–H groups in total. The predicted octanol–water partition coefficient (Wildman–Crippen LogP) is 2.31. The molecule has 0 radical (unpaired) electrons. The molecule has 1 spiro atoms. The van der Waals surface area contributed by atoms with E-state index in [1.165, 1.54) is 5.56 Å². The lowest BCUT2D eigenvalue weighted by Gasteiger charge is -2.49. The Morgan fingerprint density at radius 3 is 2.78 bits per heavy atom. The number of morpholine rings is 1. The molecule has 18 heavy (non-hydrogen) atoms. The molecule has 2 heterocycles. The van der Waals surface area contributed by atoms with Gasteiger partial charge in [0.1, 0.15) is 11.4 Å².